The highest BCUT2D eigenvalue weighted by atomic mass is 32.1. The van der Waals surface area contributed by atoms with Crippen molar-refractivity contribution in [3.05, 3.63) is 17.2 Å². The summed E-state index contributed by atoms with van der Waals surface area (Å²) in [4.78, 5) is 18.2. The number of fused-ring (bicyclic) bond motifs is 1. The van der Waals surface area contributed by atoms with Crippen LogP contribution < -0.4 is 5.32 Å². The number of anilines is 1. The van der Waals surface area contributed by atoms with Gasteiger partial charge >= 0.3 is 6.03 Å². The molecule has 0 aliphatic carbocycles. The third-order valence-electron chi connectivity index (χ3n) is 2.15. The average molecular weight is 239 g/mol. The number of carbonyl (C=O) groups excluding carboxylic acids is 1. The van der Waals surface area contributed by atoms with Crippen molar-refractivity contribution in [3.63, 3.8) is 0 Å². The average Bonchev–Trinajstić information content (AvgIpc) is 2.61. The van der Waals surface area contributed by atoms with Gasteiger partial charge in [0.2, 0.25) is 0 Å². The molecular weight excluding hydrogens is 226 g/mol. The van der Waals surface area contributed by atoms with Gasteiger partial charge in [0, 0.05) is 14.1 Å². The molecule has 0 unspecified atom stereocenters. The Balaban J connectivity index is 2.18. The lowest BCUT2D eigenvalue weighted by molar-refractivity contribution is 0.144. The summed E-state index contributed by atoms with van der Waals surface area (Å²) < 4.78 is 5.30. The molecule has 0 aromatic carbocycles. The maximum atomic E-state index is 11.4. The van der Waals surface area contributed by atoms with Gasteiger partial charge in [0.05, 0.1) is 23.8 Å². The van der Waals surface area contributed by atoms with E-state index in [-0.39, 0.29) is 6.03 Å². The van der Waals surface area contributed by atoms with Gasteiger partial charge in [0.25, 0.3) is 0 Å². The van der Waals surface area contributed by atoms with Crippen LogP contribution in [0, 0.1) is 0 Å². The van der Waals surface area contributed by atoms with Gasteiger partial charge in [-0.05, 0) is 5.57 Å². The van der Waals surface area contributed by atoms with Gasteiger partial charge < -0.3 is 9.64 Å². The molecule has 0 fully saturated rings. The Morgan fingerprint density at radius 1 is 1.56 bits per heavy atom. The molecule has 2 rings (SSSR count). The van der Waals surface area contributed by atoms with E-state index in [1.807, 2.05) is 0 Å². The fourth-order valence-electron chi connectivity index (χ4n) is 1.32. The third kappa shape index (κ3) is 2.07. The number of carbonyl (C=O) groups is 1. The summed E-state index contributed by atoms with van der Waals surface area (Å²) >= 11 is 1.44. The monoisotopic (exact) mass is 239 g/mol. The Bertz CT molecular complexity index is 439. The molecule has 0 saturated heterocycles. The Kier molecular flexibility index (Phi) is 2.93. The first kappa shape index (κ1) is 11.1. The molecule has 2 amide bonds. The van der Waals surface area contributed by atoms with E-state index in [2.05, 4.69) is 16.9 Å². The number of nitrogens with one attached hydrogen (secondary N) is 1. The Morgan fingerprint density at radius 2 is 2.31 bits per heavy atom. The Labute approximate surface area is 97.7 Å². The lowest BCUT2D eigenvalue weighted by Crippen LogP contribution is -2.27. The van der Waals surface area contributed by atoms with Gasteiger partial charge in [-0.25, -0.2) is 9.78 Å². The topological polar surface area (TPSA) is 54.5 Å². The molecule has 1 aromatic heterocycles. The molecule has 6 heteroatoms. The van der Waals surface area contributed by atoms with Gasteiger partial charge in [0.1, 0.15) is 0 Å². The van der Waals surface area contributed by atoms with Gasteiger partial charge in [-0.3, -0.25) is 5.32 Å². The minimum atomic E-state index is -0.183. The predicted molar refractivity (Wildman–Crippen MR) is 63.5 cm³/mol. The highest BCUT2D eigenvalue weighted by Crippen LogP contribution is 2.32. The fraction of sp³-hybridized carbons (Fsp3) is 0.400. The summed E-state index contributed by atoms with van der Waals surface area (Å²) in [5, 5.41) is 3.31. The minimum Gasteiger partial charge on any atom is -0.370 e. The van der Waals surface area contributed by atoms with Crippen molar-refractivity contribution in [2.45, 2.75) is 6.61 Å². The van der Waals surface area contributed by atoms with E-state index in [9.17, 15) is 4.79 Å². The summed E-state index contributed by atoms with van der Waals surface area (Å²) in [6.07, 6.45) is 0. The largest absolute Gasteiger partial charge is 0.370 e. The van der Waals surface area contributed by atoms with E-state index in [1.54, 1.807) is 14.1 Å². The van der Waals surface area contributed by atoms with Crippen LogP contribution in [0.25, 0.3) is 5.57 Å². The van der Waals surface area contributed by atoms with Crippen molar-refractivity contribution in [3.8, 4) is 0 Å². The highest BCUT2D eigenvalue weighted by molar-refractivity contribution is 7.17. The van der Waals surface area contributed by atoms with Crippen LogP contribution in [0.1, 0.15) is 10.6 Å². The third-order valence-corrected chi connectivity index (χ3v) is 3.27. The molecule has 0 atom stereocenters. The number of ether oxygens (including phenoxy) is 1. The van der Waals surface area contributed by atoms with Gasteiger partial charge in [-0.2, -0.15) is 0 Å². The molecule has 0 saturated carbocycles. The summed E-state index contributed by atoms with van der Waals surface area (Å²) in [7, 11) is 3.37. The van der Waals surface area contributed by atoms with Crippen molar-refractivity contribution in [2.24, 2.45) is 0 Å². The molecule has 2 heterocycles. The van der Waals surface area contributed by atoms with Crippen molar-refractivity contribution in [1.29, 1.82) is 0 Å². The normalized spacial score (nSPS) is 14.5. The molecule has 0 radical (unpaired) electrons. The number of urea groups is 1. The number of nitrogens with zero attached hydrogens (tertiary/aromatic N) is 2. The molecule has 86 valence electrons. The van der Waals surface area contributed by atoms with Crippen molar-refractivity contribution in [1.82, 2.24) is 9.88 Å². The lowest BCUT2D eigenvalue weighted by Gasteiger charge is -2.11. The standard InChI is InChI=1S/C10H13N3O2S/c1-6-4-15-5-7-8(6)16-9(11-7)12-10(14)13(2)3/h1,4-5H2,2-3H3,(H,11,12,14). The summed E-state index contributed by atoms with van der Waals surface area (Å²) in [5.41, 5.74) is 1.78. The maximum Gasteiger partial charge on any atom is 0.323 e. The second-order valence-corrected chi connectivity index (χ2v) is 4.71. The first-order chi connectivity index (χ1) is 7.58. The SMILES string of the molecule is C=C1COCc2nc(NC(=O)N(C)C)sc21. The van der Waals surface area contributed by atoms with Gasteiger partial charge in [0.15, 0.2) is 5.13 Å². The zero-order valence-corrected chi connectivity index (χ0v) is 10.1. The molecular formula is C10H13N3O2S. The van der Waals surface area contributed by atoms with Crippen LogP contribution in [0.5, 0.6) is 0 Å². The maximum absolute atomic E-state index is 11.4. The number of aromatic nitrogens is 1. The molecule has 0 bridgehead atoms. The summed E-state index contributed by atoms with van der Waals surface area (Å²) in [6, 6.07) is -0.183. The molecule has 16 heavy (non-hydrogen) atoms. The number of rotatable bonds is 1. The number of hydrogen-bond donors (Lipinski definition) is 1. The van der Waals surface area contributed by atoms with Crippen molar-refractivity contribution in [2.75, 3.05) is 26.0 Å². The van der Waals surface area contributed by atoms with E-state index < -0.39 is 0 Å². The van der Waals surface area contributed by atoms with Crippen molar-refractivity contribution < 1.29 is 9.53 Å². The van der Waals surface area contributed by atoms with E-state index in [4.69, 9.17) is 4.74 Å². The molecule has 5 nitrogen and oxygen atoms in total. The second-order valence-electron chi connectivity index (χ2n) is 3.72. The van der Waals surface area contributed by atoms with E-state index in [1.165, 1.54) is 16.2 Å². The van der Waals surface area contributed by atoms with Crippen LogP contribution in [0.2, 0.25) is 0 Å². The van der Waals surface area contributed by atoms with Crippen molar-refractivity contribution >= 4 is 28.1 Å². The number of amides is 2. The van der Waals surface area contributed by atoms with Crippen LogP contribution in [0.15, 0.2) is 6.58 Å². The van der Waals surface area contributed by atoms with Crippen LogP contribution in [0.3, 0.4) is 0 Å². The molecule has 1 N–H and O–H groups in total. The van der Waals surface area contributed by atoms with Gasteiger partial charge in [-0.1, -0.05) is 17.9 Å². The van der Waals surface area contributed by atoms with Crippen LogP contribution in [-0.2, 0) is 11.3 Å². The van der Waals surface area contributed by atoms with Crippen LogP contribution in [0.4, 0.5) is 9.93 Å². The minimum absolute atomic E-state index is 0.183. The molecule has 0 spiro atoms. The predicted octanol–water partition coefficient (Wildman–Crippen LogP) is 1.78. The summed E-state index contributed by atoms with van der Waals surface area (Å²) in [6.45, 7) is 4.93. The number of hydrogen-bond acceptors (Lipinski definition) is 4. The lowest BCUT2D eigenvalue weighted by atomic mass is 10.2. The first-order valence-corrected chi connectivity index (χ1v) is 5.63. The highest BCUT2D eigenvalue weighted by Gasteiger charge is 2.19. The van der Waals surface area contributed by atoms with Gasteiger partial charge in [-0.15, -0.1) is 0 Å². The van der Waals surface area contributed by atoms with E-state index in [0.29, 0.717) is 18.3 Å². The second kappa shape index (κ2) is 4.23. The van der Waals surface area contributed by atoms with Crippen LogP contribution in [-0.4, -0.2) is 36.6 Å². The molecule has 1 aliphatic heterocycles. The first-order valence-electron chi connectivity index (χ1n) is 4.82. The summed E-state index contributed by atoms with van der Waals surface area (Å²) in [5.74, 6) is 0. The van der Waals surface area contributed by atoms with E-state index in [0.717, 1.165) is 16.1 Å². The Hall–Kier alpha value is -1.40. The van der Waals surface area contributed by atoms with Crippen LogP contribution >= 0.6 is 11.3 Å². The Morgan fingerprint density at radius 3 is 2.94 bits per heavy atom. The van der Waals surface area contributed by atoms with E-state index >= 15 is 0 Å². The number of thiazole rings is 1. The fourth-order valence-corrected chi connectivity index (χ4v) is 2.23. The zero-order valence-electron chi connectivity index (χ0n) is 9.24. The zero-order chi connectivity index (χ0) is 11.7. The quantitative estimate of drug-likeness (QED) is 0.812. The molecule has 1 aliphatic rings. The smallest absolute Gasteiger partial charge is 0.323 e. The molecule has 1 aromatic rings.